The van der Waals surface area contributed by atoms with E-state index in [1.807, 2.05) is 66.5 Å². The van der Waals surface area contributed by atoms with E-state index in [9.17, 15) is 9.59 Å². The number of likely N-dealkylation sites (tertiary alicyclic amines) is 1. The Kier molecular flexibility index (Phi) is 6.18. The first-order valence-corrected chi connectivity index (χ1v) is 9.31. The maximum Gasteiger partial charge on any atom is 0.223 e. The smallest absolute Gasteiger partial charge is 0.223 e. The highest BCUT2D eigenvalue weighted by atomic mass is 16.2. The van der Waals surface area contributed by atoms with Crippen molar-refractivity contribution < 1.29 is 9.59 Å². The fraction of sp³-hybridized carbons (Fsp3) is 0.364. The number of hydrogen-bond acceptors (Lipinski definition) is 3. The first-order chi connectivity index (χ1) is 12.7. The number of ketones is 1. The lowest BCUT2D eigenvalue weighted by Gasteiger charge is -2.31. The summed E-state index contributed by atoms with van der Waals surface area (Å²) < 4.78 is 0. The summed E-state index contributed by atoms with van der Waals surface area (Å²) in [5.74, 6) is 0.122. The van der Waals surface area contributed by atoms with Gasteiger partial charge < -0.3 is 10.2 Å². The molecule has 2 aromatic carbocycles. The molecular formula is C22H26N2O2. The van der Waals surface area contributed by atoms with E-state index < -0.39 is 0 Å². The van der Waals surface area contributed by atoms with E-state index in [1.54, 1.807) is 0 Å². The second-order valence-electron chi connectivity index (χ2n) is 6.81. The van der Waals surface area contributed by atoms with Crippen LogP contribution in [-0.2, 0) is 4.79 Å². The van der Waals surface area contributed by atoms with Crippen LogP contribution in [0.3, 0.4) is 0 Å². The Bertz CT molecular complexity index is 732. The number of carbonyl (C=O) groups excluding carboxylic acids is 2. The van der Waals surface area contributed by atoms with Crippen LogP contribution in [0.4, 0.5) is 0 Å². The second kappa shape index (κ2) is 8.77. The van der Waals surface area contributed by atoms with Crippen LogP contribution >= 0.6 is 0 Å². The predicted octanol–water partition coefficient (Wildman–Crippen LogP) is 3.53. The van der Waals surface area contributed by atoms with Crippen molar-refractivity contribution in [2.45, 2.75) is 31.7 Å². The van der Waals surface area contributed by atoms with Crippen molar-refractivity contribution in [2.75, 3.05) is 20.1 Å². The topological polar surface area (TPSA) is 49.4 Å². The molecule has 0 bridgehead atoms. The summed E-state index contributed by atoms with van der Waals surface area (Å²) in [6.07, 6.45) is 2.53. The highest BCUT2D eigenvalue weighted by molar-refractivity contribution is 5.98. The van der Waals surface area contributed by atoms with E-state index in [0.29, 0.717) is 18.0 Å². The van der Waals surface area contributed by atoms with E-state index in [0.717, 1.165) is 37.1 Å². The molecule has 0 aliphatic carbocycles. The summed E-state index contributed by atoms with van der Waals surface area (Å²) in [6.45, 7) is 1.56. The molecule has 0 spiro atoms. The minimum absolute atomic E-state index is 0.0306. The monoisotopic (exact) mass is 350 g/mol. The number of nitrogens with one attached hydrogen (secondary N) is 1. The predicted molar refractivity (Wildman–Crippen MR) is 104 cm³/mol. The van der Waals surface area contributed by atoms with Gasteiger partial charge in [-0.05, 0) is 31.0 Å². The van der Waals surface area contributed by atoms with Gasteiger partial charge in [0.2, 0.25) is 5.91 Å². The molecule has 2 aromatic rings. The van der Waals surface area contributed by atoms with E-state index in [-0.39, 0.29) is 18.1 Å². The Morgan fingerprint density at radius 3 is 2.15 bits per heavy atom. The molecular weight excluding hydrogens is 324 g/mol. The summed E-state index contributed by atoms with van der Waals surface area (Å²) in [6, 6.07) is 18.2. The van der Waals surface area contributed by atoms with E-state index in [2.05, 4.69) is 5.32 Å². The molecule has 26 heavy (non-hydrogen) atoms. The number of benzene rings is 2. The van der Waals surface area contributed by atoms with Crippen molar-refractivity contribution in [3.8, 4) is 11.1 Å². The molecule has 1 aliphatic heterocycles. The van der Waals surface area contributed by atoms with Gasteiger partial charge in [0.25, 0.3) is 0 Å². The maximum absolute atomic E-state index is 12.4. The molecule has 1 heterocycles. The average molecular weight is 350 g/mol. The largest absolute Gasteiger partial charge is 0.343 e. The van der Waals surface area contributed by atoms with Gasteiger partial charge in [0.1, 0.15) is 0 Å². The molecule has 3 rings (SSSR count). The summed E-state index contributed by atoms with van der Waals surface area (Å²) in [5.41, 5.74) is 2.89. The number of hydrogen-bond donors (Lipinski definition) is 1. The molecule has 1 saturated heterocycles. The number of Topliss-reactive ketones (excluding diaryl/α,β-unsaturated/α-hetero) is 1. The molecule has 0 unspecified atom stereocenters. The maximum atomic E-state index is 12.4. The highest BCUT2D eigenvalue weighted by Gasteiger charge is 2.22. The summed E-state index contributed by atoms with van der Waals surface area (Å²) in [4.78, 5) is 26.6. The molecule has 1 aliphatic rings. The van der Waals surface area contributed by atoms with Gasteiger partial charge in [-0.25, -0.2) is 0 Å². The van der Waals surface area contributed by atoms with Gasteiger partial charge in [-0.2, -0.15) is 0 Å². The summed E-state index contributed by atoms with van der Waals surface area (Å²) in [5, 5.41) is 3.26. The van der Waals surface area contributed by atoms with E-state index in [4.69, 9.17) is 0 Å². The number of nitrogens with zero attached hydrogens (tertiary/aromatic N) is 1. The highest BCUT2D eigenvalue weighted by Crippen LogP contribution is 2.20. The normalized spacial score (nSPS) is 15.0. The van der Waals surface area contributed by atoms with Gasteiger partial charge in [-0.15, -0.1) is 0 Å². The molecule has 0 radical (unpaired) electrons. The average Bonchev–Trinajstić information content (AvgIpc) is 2.72. The first-order valence-electron chi connectivity index (χ1n) is 9.31. The van der Waals surface area contributed by atoms with Gasteiger partial charge in [-0.3, -0.25) is 9.59 Å². The van der Waals surface area contributed by atoms with Crippen molar-refractivity contribution >= 4 is 11.7 Å². The van der Waals surface area contributed by atoms with Crippen LogP contribution < -0.4 is 5.32 Å². The minimum Gasteiger partial charge on any atom is -0.343 e. The third kappa shape index (κ3) is 4.58. The minimum atomic E-state index is 0.0306. The Morgan fingerprint density at radius 2 is 1.54 bits per heavy atom. The number of carbonyl (C=O) groups is 2. The van der Waals surface area contributed by atoms with Crippen LogP contribution in [0.1, 0.15) is 36.0 Å². The van der Waals surface area contributed by atoms with Crippen LogP contribution in [0.2, 0.25) is 0 Å². The Morgan fingerprint density at radius 1 is 0.923 bits per heavy atom. The molecule has 0 atom stereocenters. The summed E-state index contributed by atoms with van der Waals surface area (Å²) >= 11 is 0. The van der Waals surface area contributed by atoms with Crippen LogP contribution in [0.25, 0.3) is 11.1 Å². The van der Waals surface area contributed by atoms with Gasteiger partial charge in [0, 0.05) is 37.5 Å². The van der Waals surface area contributed by atoms with Crippen LogP contribution in [0, 0.1) is 0 Å². The fourth-order valence-electron chi connectivity index (χ4n) is 3.42. The molecule has 0 aromatic heterocycles. The molecule has 136 valence electrons. The van der Waals surface area contributed by atoms with Crippen molar-refractivity contribution in [3.05, 3.63) is 60.2 Å². The van der Waals surface area contributed by atoms with E-state index >= 15 is 0 Å². The lowest BCUT2D eigenvalue weighted by Crippen LogP contribution is -2.44. The Balaban J connectivity index is 1.51. The Labute approximate surface area is 155 Å². The Hall–Kier alpha value is -2.46. The quantitative estimate of drug-likeness (QED) is 0.811. The SMILES string of the molecule is CNC1CCN(C(=O)CCC(=O)c2ccc(-c3ccccc3)cc2)CC1. The number of rotatable bonds is 6. The molecule has 4 nitrogen and oxygen atoms in total. The standard InChI is InChI=1S/C22H26N2O2/c1-23-20-13-15-24(16-14-20)22(26)12-11-21(25)19-9-7-18(8-10-19)17-5-3-2-4-6-17/h2-10,20,23H,11-16H2,1H3. The zero-order chi connectivity index (χ0) is 18.4. The lowest BCUT2D eigenvalue weighted by molar-refractivity contribution is -0.132. The van der Waals surface area contributed by atoms with Crippen molar-refractivity contribution in [1.29, 1.82) is 0 Å². The lowest BCUT2D eigenvalue weighted by atomic mass is 10.0. The van der Waals surface area contributed by atoms with E-state index in [1.165, 1.54) is 0 Å². The molecule has 0 saturated carbocycles. The van der Waals surface area contributed by atoms with Crippen molar-refractivity contribution in [3.63, 3.8) is 0 Å². The summed E-state index contributed by atoms with van der Waals surface area (Å²) in [7, 11) is 1.96. The van der Waals surface area contributed by atoms with Gasteiger partial charge >= 0.3 is 0 Å². The van der Waals surface area contributed by atoms with Gasteiger partial charge in [0.05, 0.1) is 0 Å². The third-order valence-electron chi connectivity index (χ3n) is 5.14. The first kappa shape index (κ1) is 18.3. The van der Waals surface area contributed by atoms with Crippen LogP contribution in [0.15, 0.2) is 54.6 Å². The van der Waals surface area contributed by atoms with Crippen LogP contribution in [0.5, 0.6) is 0 Å². The van der Waals surface area contributed by atoms with Gasteiger partial charge in [0.15, 0.2) is 5.78 Å². The third-order valence-corrected chi connectivity index (χ3v) is 5.14. The van der Waals surface area contributed by atoms with Crippen molar-refractivity contribution in [2.24, 2.45) is 0 Å². The van der Waals surface area contributed by atoms with Crippen LogP contribution in [-0.4, -0.2) is 42.8 Å². The number of piperidine rings is 1. The zero-order valence-corrected chi connectivity index (χ0v) is 15.3. The molecule has 4 heteroatoms. The van der Waals surface area contributed by atoms with Gasteiger partial charge in [-0.1, -0.05) is 54.6 Å². The molecule has 1 fully saturated rings. The van der Waals surface area contributed by atoms with Crippen molar-refractivity contribution in [1.82, 2.24) is 10.2 Å². The number of amides is 1. The second-order valence-corrected chi connectivity index (χ2v) is 6.81. The zero-order valence-electron chi connectivity index (χ0n) is 15.3. The fourth-order valence-corrected chi connectivity index (χ4v) is 3.42. The molecule has 1 N–H and O–H groups in total. The molecule has 1 amide bonds.